The number of ether oxygens (including phenoxy) is 3. The fourth-order valence-corrected chi connectivity index (χ4v) is 1.11. The maximum Gasteiger partial charge on any atom is 0.223 e. The summed E-state index contributed by atoms with van der Waals surface area (Å²) in [6.07, 6.45) is -0.412. The minimum Gasteiger partial charge on any atom is -0.508 e. The molecule has 0 saturated carbocycles. The highest BCUT2D eigenvalue weighted by Gasteiger charge is 2.09. The van der Waals surface area contributed by atoms with E-state index in [1.807, 2.05) is 6.92 Å². The average molecular weight is 212 g/mol. The first-order valence-corrected chi connectivity index (χ1v) is 4.82. The molecule has 4 nitrogen and oxygen atoms in total. The number of hydrogen-bond donors (Lipinski definition) is 1. The quantitative estimate of drug-likeness (QED) is 0.730. The highest BCUT2D eigenvalue weighted by molar-refractivity contribution is 5.30. The largest absolute Gasteiger partial charge is 0.508 e. The normalized spacial score (nSPS) is 12.4. The van der Waals surface area contributed by atoms with Gasteiger partial charge in [-0.15, -0.1) is 0 Å². The van der Waals surface area contributed by atoms with E-state index in [-0.39, 0.29) is 5.75 Å². The zero-order valence-electron chi connectivity index (χ0n) is 8.97. The molecule has 1 unspecified atom stereocenters. The van der Waals surface area contributed by atoms with Crippen LogP contribution in [0.4, 0.5) is 0 Å². The summed E-state index contributed by atoms with van der Waals surface area (Å²) in [5.41, 5.74) is 0. The monoisotopic (exact) mass is 212 g/mol. The Bertz CT molecular complexity index is 264. The van der Waals surface area contributed by atoms with Gasteiger partial charge in [-0.2, -0.15) is 0 Å². The standard InChI is InChI=1S/C11H16O4/c1-3-14-11(8-13-2)15-10-6-4-9(12)5-7-10/h4-7,11-12H,3,8H2,1-2H3. The van der Waals surface area contributed by atoms with Crippen molar-refractivity contribution in [3.05, 3.63) is 24.3 Å². The Morgan fingerprint density at radius 1 is 1.27 bits per heavy atom. The third-order valence-corrected chi connectivity index (χ3v) is 1.76. The van der Waals surface area contributed by atoms with Gasteiger partial charge in [-0.05, 0) is 31.2 Å². The first kappa shape index (κ1) is 11.8. The van der Waals surface area contributed by atoms with Crippen molar-refractivity contribution >= 4 is 0 Å². The van der Waals surface area contributed by atoms with Crippen LogP contribution in [-0.4, -0.2) is 31.7 Å². The van der Waals surface area contributed by atoms with Crippen molar-refractivity contribution in [1.82, 2.24) is 0 Å². The van der Waals surface area contributed by atoms with Crippen molar-refractivity contribution in [3.63, 3.8) is 0 Å². The lowest BCUT2D eigenvalue weighted by Crippen LogP contribution is -2.25. The first-order chi connectivity index (χ1) is 7.26. The summed E-state index contributed by atoms with van der Waals surface area (Å²) >= 11 is 0. The first-order valence-electron chi connectivity index (χ1n) is 4.82. The number of methoxy groups -OCH3 is 1. The highest BCUT2D eigenvalue weighted by atomic mass is 16.7. The van der Waals surface area contributed by atoms with E-state index in [1.54, 1.807) is 31.4 Å². The van der Waals surface area contributed by atoms with Crippen LogP contribution in [0.3, 0.4) is 0 Å². The maximum atomic E-state index is 9.09. The van der Waals surface area contributed by atoms with E-state index < -0.39 is 6.29 Å². The van der Waals surface area contributed by atoms with Crippen molar-refractivity contribution in [2.24, 2.45) is 0 Å². The fourth-order valence-electron chi connectivity index (χ4n) is 1.11. The second kappa shape index (κ2) is 6.27. The van der Waals surface area contributed by atoms with Crippen LogP contribution in [0.15, 0.2) is 24.3 Å². The Morgan fingerprint density at radius 2 is 1.93 bits per heavy atom. The molecule has 0 saturated heterocycles. The average Bonchev–Trinajstić information content (AvgIpc) is 2.22. The van der Waals surface area contributed by atoms with E-state index in [0.29, 0.717) is 19.0 Å². The molecule has 0 fully saturated rings. The summed E-state index contributed by atoms with van der Waals surface area (Å²) in [5.74, 6) is 0.852. The van der Waals surface area contributed by atoms with Gasteiger partial charge in [0.25, 0.3) is 0 Å². The second-order valence-corrected chi connectivity index (χ2v) is 2.95. The molecule has 1 rings (SSSR count). The van der Waals surface area contributed by atoms with Crippen LogP contribution in [0.2, 0.25) is 0 Å². The van der Waals surface area contributed by atoms with Gasteiger partial charge in [-0.1, -0.05) is 0 Å². The molecule has 0 aliphatic carbocycles. The summed E-state index contributed by atoms with van der Waals surface area (Å²) < 4.78 is 15.8. The van der Waals surface area contributed by atoms with Crippen LogP contribution in [-0.2, 0) is 9.47 Å². The van der Waals surface area contributed by atoms with Gasteiger partial charge in [0.2, 0.25) is 6.29 Å². The van der Waals surface area contributed by atoms with Gasteiger partial charge in [0.05, 0.1) is 0 Å². The van der Waals surface area contributed by atoms with E-state index in [9.17, 15) is 0 Å². The minimum atomic E-state index is -0.412. The summed E-state index contributed by atoms with van der Waals surface area (Å²) in [5, 5.41) is 9.09. The number of rotatable bonds is 6. The smallest absolute Gasteiger partial charge is 0.223 e. The number of phenolic OH excluding ortho intramolecular Hbond substituents is 1. The van der Waals surface area contributed by atoms with Crippen molar-refractivity contribution in [3.8, 4) is 11.5 Å². The van der Waals surface area contributed by atoms with E-state index >= 15 is 0 Å². The Balaban J connectivity index is 2.53. The molecule has 0 aromatic heterocycles. The zero-order valence-corrected chi connectivity index (χ0v) is 8.97. The molecule has 4 heteroatoms. The topological polar surface area (TPSA) is 47.9 Å². The lowest BCUT2D eigenvalue weighted by molar-refractivity contribution is -0.110. The van der Waals surface area contributed by atoms with Crippen LogP contribution >= 0.6 is 0 Å². The maximum absolute atomic E-state index is 9.09. The van der Waals surface area contributed by atoms with Crippen LogP contribution in [0.25, 0.3) is 0 Å². The molecular formula is C11H16O4. The van der Waals surface area contributed by atoms with Crippen molar-refractivity contribution < 1.29 is 19.3 Å². The molecule has 15 heavy (non-hydrogen) atoms. The van der Waals surface area contributed by atoms with Crippen molar-refractivity contribution in [2.75, 3.05) is 20.3 Å². The lowest BCUT2D eigenvalue weighted by Gasteiger charge is -2.17. The van der Waals surface area contributed by atoms with Gasteiger partial charge >= 0.3 is 0 Å². The fraction of sp³-hybridized carbons (Fsp3) is 0.455. The summed E-state index contributed by atoms with van der Waals surface area (Å²) in [6, 6.07) is 6.48. The third-order valence-electron chi connectivity index (χ3n) is 1.76. The Morgan fingerprint density at radius 3 is 2.47 bits per heavy atom. The molecule has 0 spiro atoms. The van der Waals surface area contributed by atoms with Crippen LogP contribution in [0, 0.1) is 0 Å². The molecular weight excluding hydrogens is 196 g/mol. The predicted octanol–water partition coefficient (Wildman–Crippen LogP) is 1.78. The molecule has 84 valence electrons. The molecule has 1 atom stereocenters. The molecule has 0 bridgehead atoms. The van der Waals surface area contributed by atoms with Crippen LogP contribution in [0.5, 0.6) is 11.5 Å². The Kier molecular flexibility index (Phi) is 4.93. The van der Waals surface area contributed by atoms with E-state index in [1.165, 1.54) is 0 Å². The molecule has 0 radical (unpaired) electrons. The number of phenols is 1. The van der Waals surface area contributed by atoms with Crippen LogP contribution < -0.4 is 4.74 Å². The lowest BCUT2D eigenvalue weighted by atomic mass is 10.3. The van der Waals surface area contributed by atoms with Gasteiger partial charge in [-0.25, -0.2) is 0 Å². The number of benzene rings is 1. The Labute approximate surface area is 89.4 Å². The highest BCUT2D eigenvalue weighted by Crippen LogP contribution is 2.17. The van der Waals surface area contributed by atoms with Gasteiger partial charge in [0.15, 0.2) is 0 Å². The summed E-state index contributed by atoms with van der Waals surface area (Å²) in [6.45, 7) is 2.82. The predicted molar refractivity (Wildman–Crippen MR) is 56.0 cm³/mol. The molecule has 0 amide bonds. The molecule has 0 aliphatic heterocycles. The van der Waals surface area contributed by atoms with Gasteiger partial charge in [0, 0.05) is 13.7 Å². The number of hydrogen-bond acceptors (Lipinski definition) is 4. The van der Waals surface area contributed by atoms with Crippen molar-refractivity contribution in [1.29, 1.82) is 0 Å². The van der Waals surface area contributed by atoms with E-state index in [4.69, 9.17) is 19.3 Å². The molecule has 1 aromatic rings. The zero-order chi connectivity index (χ0) is 11.1. The Hall–Kier alpha value is -1.26. The van der Waals surface area contributed by atoms with Crippen LogP contribution in [0.1, 0.15) is 6.92 Å². The van der Waals surface area contributed by atoms with E-state index in [0.717, 1.165) is 0 Å². The summed E-state index contributed by atoms with van der Waals surface area (Å²) in [4.78, 5) is 0. The SMILES string of the molecule is CCOC(COC)Oc1ccc(O)cc1. The molecule has 0 heterocycles. The van der Waals surface area contributed by atoms with Gasteiger partial charge in [0.1, 0.15) is 18.1 Å². The van der Waals surface area contributed by atoms with Crippen molar-refractivity contribution in [2.45, 2.75) is 13.2 Å². The summed E-state index contributed by atoms with van der Waals surface area (Å²) in [7, 11) is 1.59. The molecule has 0 aliphatic rings. The number of aromatic hydroxyl groups is 1. The van der Waals surface area contributed by atoms with Gasteiger partial charge in [-0.3, -0.25) is 0 Å². The second-order valence-electron chi connectivity index (χ2n) is 2.95. The molecule has 1 aromatic carbocycles. The third kappa shape index (κ3) is 4.18. The van der Waals surface area contributed by atoms with Gasteiger partial charge < -0.3 is 19.3 Å². The minimum absolute atomic E-state index is 0.210. The van der Waals surface area contributed by atoms with E-state index in [2.05, 4.69) is 0 Å². The molecule has 1 N–H and O–H groups in total.